The smallest absolute Gasteiger partial charge is 0.351 e. The Morgan fingerprint density at radius 2 is 1.86 bits per heavy atom. The Morgan fingerprint density at radius 1 is 1.07 bits per heavy atom. The van der Waals surface area contributed by atoms with Gasteiger partial charge in [0.2, 0.25) is 0 Å². The normalized spacial score (nSPS) is 10.4. The molecule has 2 N–H and O–H groups in total. The van der Waals surface area contributed by atoms with E-state index in [0.29, 0.717) is 34.4 Å². The molecule has 28 heavy (non-hydrogen) atoms. The van der Waals surface area contributed by atoms with Crippen LogP contribution in [0.15, 0.2) is 42.5 Å². The van der Waals surface area contributed by atoms with Gasteiger partial charge in [-0.15, -0.1) is 11.3 Å². The summed E-state index contributed by atoms with van der Waals surface area (Å²) in [5.41, 5.74) is 1.13. The first-order valence-corrected chi connectivity index (χ1v) is 9.37. The van der Waals surface area contributed by atoms with E-state index in [2.05, 4.69) is 10.6 Å². The van der Waals surface area contributed by atoms with Gasteiger partial charge in [0, 0.05) is 15.8 Å². The molecule has 0 unspecified atom stereocenters. The minimum atomic E-state index is -0.460. The monoisotopic (exact) mass is 400 g/mol. The number of carbonyl (C=O) groups excluding carboxylic acids is 2. The Kier molecular flexibility index (Phi) is 6.00. The van der Waals surface area contributed by atoms with Crippen LogP contribution in [-0.4, -0.2) is 32.8 Å². The quantitative estimate of drug-likeness (QED) is 0.584. The largest absolute Gasteiger partial charge is 0.494 e. The van der Waals surface area contributed by atoms with Crippen LogP contribution in [0, 0.1) is 0 Å². The molecule has 146 valence electrons. The zero-order chi connectivity index (χ0) is 20.1. The Morgan fingerprint density at radius 3 is 2.57 bits per heavy atom. The summed E-state index contributed by atoms with van der Waals surface area (Å²) in [6, 6.07) is 12.1. The first-order valence-electron chi connectivity index (χ1n) is 8.56. The van der Waals surface area contributed by atoms with Crippen molar-refractivity contribution >= 4 is 44.8 Å². The number of hydrogen-bond acceptors (Lipinski definition) is 6. The second-order valence-corrected chi connectivity index (χ2v) is 6.73. The molecular formula is C20H20N2O5S. The maximum absolute atomic E-state index is 12.4. The van der Waals surface area contributed by atoms with Gasteiger partial charge in [-0.25, -0.2) is 9.59 Å². The van der Waals surface area contributed by atoms with Crippen LogP contribution in [0.5, 0.6) is 11.5 Å². The number of para-hydroxylation sites is 2. The summed E-state index contributed by atoms with van der Waals surface area (Å²) in [5, 5.41) is 6.28. The van der Waals surface area contributed by atoms with E-state index in [1.54, 1.807) is 24.3 Å². The number of hydrogen-bond donors (Lipinski definition) is 2. The molecule has 0 saturated carbocycles. The van der Waals surface area contributed by atoms with Crippen LogP contribution in [0.25, 0.3) is 10.1 Å². The Balaban J connectivity index is 1.82. The number of ether oxygens (including phenoxy) is 3. The predicted molar refractivity (Wildman–Crippen MR) is 110 cm³/mol. The average Bonchev–Trinajstić information content (AvgIpc) is 3.07. The number of amides is 2. The molecule has 2 aromatic carbocycles. The number of fused-ring (bicyclic) bond motifs is 1. The molecule has 0 atom stereocenters. The fourth-order valence-electron chi connectivity index (χ4n) is 2.72. The molecule has 7 nitrogen and oxygen atoms in total. The molecule has 0 saturated heterocycles. The van der Waals surface area contributed by atoms with Crippen molar-refractivity contribution < 1.29 is 23.8 Å². The molecule has 0 spiro atoms. The Labute approximate surface area is 166 Å². The topological polar surface area (TPSA) is 85.9 Å². The van der Waals surface area contributed by atoms with E-state index in [-0.39, 0.29) is 0 Å². The number of methoxy groups -OCH3 is 2. The van der Waals surface area contributed by atoms with Crippen LogP contribution < -0.4 is 20.1 Å². The molecule has 3 rings (SSSR count). The van der Waals surface area contributed by atoms with Gasteiger partial charge in [-0.05, 0) is 37.3 Å². The number of benzene rings is 2. The highest BCUT2D eigenvalue weighted by Gasteiger charge is 2.20. The van der Waals surface area contributed by atoms with Gasteiger partial charge in [-0.1, -0.05) is 12.1 Å². The molecule has 2 amide bonds. The van der Waals surface area contributed by atoms with Gasteiger partial charge in [0.05, 0.1) is 26.5 Å². The standard InChI is InChI=1S/C20H20N2O5S/c1-4-27-15-8-6-5-7-14(15)22-20(24)21-12-9-10-16-13(11-12)17(25-2)18(28-16)19(23)26-3/h5-11H,4H2,1-3H3,(H2,21,22,24). The summed E-state index contributed by atoms with van der Waals surface area (Å²) in [6.07, 6.45) is 0. The van der Waals surface area contributed by atoms with E-state index in [9.17, 15) is 9.59 Å². The van der Waals surface area contributed by atoms with E-state index < -0.39 is 12.0 Å². The van der Waals surface area contributed by atoms with E-state index in [1.807, 2.05) is 25.1 Å². The third kappa shape index (κ3) is 4.01. The minimum absolute atomic E-state index is 0.382. The average molecular weight is 400 g/mol. The van der Waals surface area contributed by atoms with Crippen molar-refractivity contribution in [2.45, 2.75) is 6.92 Å². The summed E-state index contributed by atoms with van der Waals surface area (Å²) < 4.78 is 16.5. The zero-order valence-corrected chi connectivity index (χ0v) is 16.5. The molecule has 1 heterocycles. The van der Waals surface area contributed by atoms with Gasteiger partial charge >= 0.3 is 12.0 Å². The van der Waals surface area contributed by atoms with Crippen LogP contribution in [0.1, 0.15) is 16.6 Å². The highest BCUT2D eigenvalue weighted by Crippen LogP contribution is 2.39. The number of thiophene rings is 1. The first-order chi connectivity index (χ1) is 13.6. The summed E-state index contributed by atoms with van der Waals surface area (Å²) >= 11 is 1.27. The molecule has 0 fully saturated rings. The zero-order valence-electron chi connectivity index (χ0n) is 15.7. The fraction of sp³-hybridized carbons (Fsp3) is 0.200. The van der Waals surface area contributed by atoms with Gasteiger partial charge in [0.1, 0.15) is 5.75 Å². The third-order valence-electron chi connectivity index (χ3n) is 3.91. The molecule has 3 aromatic rings. The van der Waals surface area contributed by atoms with Crippen molar-refractivity contribution in [2.75, 3.05) is 31.5 Å². The second-order valence-electron chi connectivity index (χ2n) is 5.68. The Hall–Kier alpha value is -3.26. The Bertz CT molecular complexity index is 1010. The third-order valence-corrected chi connectivity index (χ3v) is 5.04. The highest BCUT2D eigenvalue weighted by atomic mass is 32.1. The molecule has 0 bridgehead atoms. The van der Waals surface area contributed by atoms with Gasteiger partial charge in [-0.3, -0.25) is 0 Å². The van der Waals surface area contributed by atoms with Gasteiger partial charge < -0.3 is 24.8 Å². The van der Waals surface area contributed by atoms with Crippen LogP contribution in [0.4, 0.5) is 16.2 Å². The number of urea groups is 1. The van der Waals surface area contributed by atoms with Crippen LogP contribution in [0.3, 0.4) is 0 Å². The second kappa shape index (κ2) is 8.62. The van der Waals surface area contributed by atoms with Gasteiger partial charge in [0.15, 0.2) is 10.6 Å². The van der Waals surface area contributed by atoms with E-state index in [1.165, 1.54) is 25.6 Å². The molecular weight excluding hydrogens is 380 g/mol. The molecule has 8 heteroatoms. The lowest BCUT2D eigenvalue weighted by Crippen LogP contribution is -2.19. The van der Waals surface area contributed by atoms with Crippen molar-refractivity contribution in [1.82, 2.24) is 0 Å². The van der Waals surface area contributed by atoms with E-state index in [0.717, 1.165) is 10.1 Å². The highest BCUT2D eigenvalue weighted by molar-refractivity contribution is 7.21. The van der Waals surface area contributed by atoms with E-state index >= 15 is 0 Å². The summed E-state index contributed by atoms with van der Waals surface area (Å²) in [7, 11) is 2.81. The maximum atomic E-state index is 12.4. The number of anilines is 2. The SMILES string of the molecule is CCOc1ccccc1NC(=O)Nc1ccc2sc(C(=O)OC)c(OC)c2c1. The molecule has 0 aliphatic heterocycles. The van der Waals surface area contributed by atoms with Crippen molar-refractivity contribution in [3.05, 3.63) is 47.3 Å². The van der Waals surface area contributed by atoms with Crippen molar-refractivity contribution in [2.24, 2.45) is 0 Å². The van der Waals surface area contributed by atoms with Crippen molar-refractivity contribution in [3.63, 3.8) is 0 Å². The number of rotatable bonds is 6. The molecule has 0 aliphatic rings. The lowest BCUT2D eigenvalue weighted by Gasteiger charge is -2.12. The summed E-state index contributed by atoms with van der Waals surface area (Å²) in [5.74, 6) is 0.563. The number of nitrogens with one attached hydrogen (secondary N) is 2. The number of esters is 1. The molecule has 1 aromatic heterocycles. The fourth-order valence-corrected chi connectivity index (χ4v) is 3.79. The van der Waals surface area contributed by atoms with Crippen LogP contribution in [-0.2, 0) is 4.74 Å². The van der Waals surface area contributed by atoms with E-state index in [4.69, 9.17) is 14.2 Å². The van der Waals surface area contributed by atoms with Crippen molar-refractivity contribution in [3.8, 4) is 11.5 Å². The predicted octanol–water partition coefficient (Wildman–Crippen LogP) is 4.74. The number of carbonyl (C=O) groups is 2. The van der Waals surface area contributed by atoms with Crippen molar-refractivity contribution in [1.29, 1.82) is 0 Å². The van der Waals surface area contributed by atoms with Gasteiger partial charge in [-0.2, -0.15) is 0 Å². The summed E-state index contributed by atoms with van der Waals surface area (Å²) in [4.78, 5) is 24.7. The van der Waals surface area contributed by atoms with Crippen LogP contribution in [0.2, 0.25) is 0 Å². The maximum Gasteiger partial charge on any atom is 0.351 e. The lowest BCUT2D eigenvalue weighted by atomic mass is 10.2. The lowest BCUT2D eigenvalue weighted by molar-refractivity contribution is 0.0603. The molecule has 0 radical (unpaired) electrons. The minimum Gasteiger partial charge on any atom is -0.494 e. The van der Waals surface area contributed by atoms with Gasteiger partial charge in [0.25, 0.3) is 0 Å². The summed E-state index contributed by atoms with van der Waals surface area (Å²) in [6.45, 7) is 2.38. The first kappa shape index (κ1) is 19.5. The molecule has 0 aliphatic carbocycles. The van der Waals surface area contributed by atoms with Crippen LogP contribution >= 0.6 is 11.3 Å².